The summed E-state index contributed by atoms with van der Waals surface area (Å²) < 4.78 is 5.95. The van der Waals surface area contributed by atoms with Crippen LogP contribution in [-0.4, -0.2) is 31.0 Å². The van der Waals surface area contributed by atoms with Gasteiger partial charge in [-0.1, -0.05) is 56.0 Å². The first kappa shape index (κ1) is 21.9. The first-order valence-electron chi connectivity index (χ1n) is 10.9. The van der Waals surface area contributed by atoms with Gasteiger partial charge in [-0.05, 0) is 50.5 Å². The van der Waals surface area contributed by atoms with E-state index in [2.05, 4.69) is 5.32 Å². The highest BCUT2D eigenvalue weighted by Gasteiger charge is 2.27. The van der Waals surface area contributed by atoms with Crippen molar-refractivity contribution < 1.29 is 14.3 Å². The number of amides is 2. The number of ether oxygens (including phenoxy) is 1. The van der Waals surface area contributed by atoms with Crippen LogP contribution in [0.4, 0.5) is 5.69 Å². The Kier molecular flexibility index (Phi) is 7.50. The normalized spacial score (nSPS) is 15.3. The van der Waals surface area contributed by atoms with Gasteiger partial charge < -0.3 is 15.0 Å². The molecular formula is C25H32N2O3. The number of aryl methyl sites for hydroxylation is 1. The first-order chi connectivity index (χ1) is 14.5. The summed E-state index contributed by atoms with van der Waals surface area (Å²) in [4.78, 5) is 27.7. The number of benzene rings is 2. The molecule has 1 aliphatic rings. The van der Waals surface area contributed by atoms with E-state index < -0.39 is 6.10 Å². The number of rotatable bonds is 7. The van der Waals surface area contributed by atoms with Crippen molar-refractivity contribution in [3.8, 4) is 5.75 Å². The van der Waals surface area contributed by atoms with Crippen LogP contribution in [0, 0.1) is 6.92 Å². The highest BCUT2D eigenvalue weighted by molar-refractivity contribution is 6.05. The fourth-order valence-corrected chi connectivity index (χ4v) is 3.89. The van der Waals surface area contributed by atoms with Gasteiger partial charge in [0.15, 0.2) is 6.10 Å². The molecule has 1 unspecified atom stereocenters. The molecule has 0 saturated heterocycles. The van der Waals surface area contributed by atoms with Crippen LogP contribution in [0.25, 0.3) is 0 Å². The van der Waals surface area contributed by atoms with E-state index in [1.807, 2.05) is 56.3 Å². The SMILES string of the molecule is CCC(Oc1ccc(C)cc1)C(=O)N(C)c1ccccc1C(=O)NC1CCCCC1. The summed E-state index contributed by atoms with van der Waals surface area (Å²) in [7, 11) is 1.70. The molecule has 160 valence electrons. The lowest BCUT2D eigenvalue weighted by atomic mass is 9.95. The number of nitrogens with one attached hydrogen (secondary N) is 1. The third-order valence-electron chi connectivity index (χ3n) is 5.73. The highest BCUT2D eigenvalue weighted by atomic mass is 16.5. The molecule has 1 N–H and O–H groups in total. The predicted molar refractivity (Wildman–Crippen MR) is 120 cm³/mol. The van der Waals surface area contributed by atoms with Gasteiger partial charge >= 0.3 is 0 Å². The number of carbonyl (C=O) groups is 2. The molecule has 0 radical (unpaired) electrons. The molecule has 2 aromatic carbocycles. The van der Waals surface area contributed by atoms with E-state index in [1.165, 1.54) is 11.3 Å². The second-order valence-corrected chi connectivity index (χ2v) is 8.05. The molecule has 1 aliphatic carbocycles. The van der Waals surface area contributed by atoms with Gasteiger partial charge in [0, 0.05) is 13.1 Å². The molecule has 0 heterocycles. The van der Waals surface area contributed by atoms with Gasteiger partial charge in [0.1, 0.15) is 5.75 Å². The summed E-state index contributed by atoms with van der Waals surface area (Å²) >= 11 is 0. The second-order valence-electron chi connectivity index (χ2n) is 8.05. The van der Waals surface area contributed by atoms with Crippen LogP contribution in [0.3, 0.4) is 0 Å². The minimum atomic E-state index is -0.618. The zero-order chi connectivity index (χ0) is 21.5. The van der Waals surface area contributed by atoms with Crippen molar-refractivity contribution >= 4 is 17.5 Å². The topological polar surface area (TPSA) is 58.6 Å². The lowest BCUT2D eigenvalue weighted by molar-refractivity contribution is -0.125. The van der Waals surface area contributed by atoms with Crippen molar-refractivity contribution in [2.75, 3.05) is 11.9 Å². The molecule has 1 saturated carbocycles. The van der Waals surface area contributed by atoms with Crippen molar-refractivity contribution in [1.29, 1.82) is 0 Å². The number of hydrogen-bond donors (Lipinski definition) is 1. The van der Waals surface area contributed by atoms with Crippen LogP contribution in [0.1, 0.15) is 61.4 Å². The Hall–Kier alpha value is -2.82. The van der Waals surface area contributed by atoms with Gasteiger partial charge in [-0.2, -0.15) is 0 Å². The maximum atomic E-state index is 13.2. The smallest absolute Gasteiger partial charge is 0.267 e. The Labute approximate surface area is 179 Å². The number of likely N-dealkylation sites (N-methyl/N-ethyl adjacent to an activating group) is 1. The fourth-order valence-electron chi connectivity index (χ4n) is 3.89. The van der Waals surface area contributed by atoms with Gasteiger partial charge in [0.2, 0.25) is 0 Å². The third kappa shape index (κ3) is 5.41. The molecule has 3 rings (SSSR count). The Morgan fingerprint density at radius 2 is 1.73 bits per heavy atom. The van der Waals surface area contributed by atoms with Gasteiger partial charge in [0.25, 0.3) is 11.8 Å². The van der Waals surface area contributed by atoms with Crippen LogP contribution < -0.4 is 15.0 Å². The molecule has 1 fully saturated rings. The van der Waals surface area contributed by atoms with Gasteiger partial charge in [-0.3, -0.25) is 9.59 Å². The third-order valence-corrected chi connectivity index (χ3v) is 5.73. The van der Waals surface area contributed by atoms with Gasteiger partial charge in [0.05, 0.1) is 11.3 Å². The summed E-state index contributed by atoms with van der Waals surface area (Å²) in [5, 5.41) is 3.15. The molecule has 0 spiro atoms. The average Bonchev–Trinajstić information content (AvgIpc) is 2.78. The first-order valence-corrected chi connectivity index (χ1v) is 10.9. The fraction of sp³-hybridized carbons (Fsp3) is 0.440. The summed E-state index contributed by atoms with van der Waals surface area (Å²) in [6.07, 6.45) is 5.49. The molecular weight excluding hydrogens is 376 g/mol. The van der Waals surface area contributed by atoms with E-state index >= 15 is 0 Å². The maximum absolute atomic E-state index is 13.2. The maximum Gasteiger partial charge on any atom is 0.267 e. The van der Waals surface area contributed by atoms with E-state index in [9.17, 15) is 9.59 Å². The standard InChI is InChI=1S/C25H32N2O3/c1-4-23(30-20-16-14-18(2)15-17-20)25(29)27(3)22-13-9-8-12-21(22)24(28)26-19-10-6-5-7-11-19/h8-9,12-17,19,23H,4-7,10-11H2,1-3H3,(H,26,28). The molecule has 0 aromatic heterocycles. The zero-order valence-corrected chi connectivity index (χ0v) is 18.2. The molecule has 2 amide bonds. The van der Waals surface area contributed by atoms with Crippen molar-refractivity contribution in [3.05, 3.63) is 59.7 Å². The average molecular weight is 409 g/mol. The molecule has 30 heavy (non-hydrogen) atoms. The number of anilines is 1. The Balaban J connectivity index is 1.74. The lowest BCUT2D eigenvalue weighted by Gasteiger charge is -2.27. The molecule has 0 bridgehead atoms. The second kappa shape index (κ2) is 10.3. The quantitative estimate of drug-likeness (QED) is 0.710. The van der Waals surface area contributed by atoms with E-state index in [-0.39, 0.29) is 17.9 Å². The van der Waals surface area contributed by atoms with E-state index in [0.717, 1.165) is 31.2 Å². The minimum Gasteiger partial charge on any atom is -0.481 e. The number of carbonyl (C=O) groups excluding carboxylic acids is 2. The van der Waals surface area contributed by atoms with Crippen LogP contribution >= 0.6 is 0 Å². The van der Waals surface area contributed by atoms with E-state index in [4.69, 9.17) is 4.74 Å². The number of nitrogens with zero attached hydrogens (tertiary/aromatic N) is 1. The van der Waals surface area contributed by atoms with Crippen LogP contribution in [-0.2, 0) is 4.79 Å². The number of hydrogen-bond acceptors (Lipinski definition) is 3. The molecule has 1 atom stereocenters. The van der Waals surface area contributed by atoms with Crippen molar-refractivity contribution in [3.63, 3.8) is 0 Å². The van der Waals surface area contributed by atoms with Crippen LogP contribution in [0.5, 0.6) is 5.75 Å². The summed E-state index contributed by atoms with van der Waals surface area (Å²) in [5.41, 5.74) is 2.25. The summed E-state index contributed by atoms with van der Waals surface area (Å²) in [5.74, 6) is 0.373. The Bertz CT molecular complexity index is 857. The monoisotopic (exact) mass is 408 g/mol. The summed E-state index contributed by atoms with van der Waals surface area (Å²) in [6.45, 7) is 3.93. The lowest BCUT2D eigenvalue weighted by Crippen LogP contribution is -2.41. The van der Waals surface area contributed by atoms with Crippen molar-refractivity contribution in [1.82, 2.24) is 5.32 Å². The number of para-hydroxylation sites is 1. The predicted octanol–water partition coefficient (Wildman–Crippen LogP) is 4.88. The minimum absolute atomic E-state index is 0.121. The van der Waals surface area contributed by atoms with E-state index in [1.54, 1.807) is 13.1 Å². The van der Waals surface area contributed by atoms with Gasteiger partial charge in [-0.15, -0.1) is 0 Å². The van der Waals surface area contributed by atoms with Crippen LogP contribution in [0.15, 0.2) is 48.5 Å². The van der Waals surface area contributed by atoms with Crippen LogP contribution in [0.2, 0.25) is 0 Å². The molecule has 0 aliphatic heterocycles. The zero-order valence-electron chi connectivity index (χ0n) is 18.2. The summed E-state index contributed by atoms with van der Waals surface area (Å²) in [6, 6.07) is 15.1. The molecule has 5 nitrogen and oxygen atoms in total. The molecule has 5 heteroatoms. The Morgan fingerprint density at radius 3 is 2.40 bits per heavy atom. The Morgan fingerprint density at radius 1 is 1.07 bits per heavy atom. The largest absolute Gasteiger partial charge is 0.481 e. The van der Waals surface area contributed by atoms with Gasteiger partial charge in [-0.25, -0.2) is 0 Å². The van der Waals surface area contributed by atoms with Crippen molar-refractivity contribution in [2.24, 2.45) is 0 Å². The highest BCUT2D eigenvalue weighted by Crippen LogP contribution is 2.24. The molecule has 2 aromatic rings. The van der Waals surface area contributed by atoms with E-state index in [0.29, 0.717) is 23.4 Å². The van der Waals surface area contributed by atoms with Crippen molar-refractivity contribution in [2.45, 2.75) is 64.5 Å².